The summed E-state index contributed by atoms with van der Waals surface area (Å²) in [5, 5.41) is 0. The highest BCUT2D eigenvalue weighted by molar-refractivity contribution is 5.95. The molecule has 4 nitrogen and oxygen atoms in total. The van der Waals surface area contributed by atoms with E-state index in [1.165, 1.54) is 19.8 Å². The molecule has 0 amide bonds. The van der Waals surface area contributed by atoms with Crippen molar-refractivity contribution >= 4 is 5.97 Å². The van der Waals surface area contributed by atoms with Crippen molar-refractivity contribution in [2.75, 3.05) is 14.2 Å². The van der Waals surface area contributed by atoms with Gasteiger partial charge in [0.1, 0.15) is 23.7 Å². The van der Waals surface area contributed by atoms with Gasteiger partial charge in [-0.1, -0.05) is 51.1 Å². The lowest BCUT2D eigenvalue weighted by molar-refractivity contribution is 0.0465. The molecule has 0 bridgehead atoms. The molecule has 0 fully saturated rings. The van der Waals surface area contributed by atoms with Crippen LogP contribution in [0.3, 0.4) is 0 Å². The van der Waals surface area contributed by atoms with Gasteiger partial charge in [-0.3, -0.25) is 0 Å². The first-order chi connectivity index (χ1) is 11.4. The zero-order valence-electron chi connectivity index (χ0n) is 14.9. The molecule has 24 heavy (non-hydrogen) atoms. The fraction of sp³-hybridized carbons (Fsp3) is 0.350. The lowest BCUT2D eigenvalue weighted by Gasteiger charge is -2.19. The van der Waals surface area contributed by atoms with Crippen LogP contribution in [-0.2, 0) is 16.8 Å². The van der Waals surface area contributed by atoms with Crippen LogP contribution in [0.1, 0.15) is 42.3 Å². The fourth-order valence-electron chi connectivity index (χ4n) is 2.37. The molecule has 0 saturated carbocycles. The highest BCUT2D eigenvalue weighted by atomic mass is 16.5. The van der Waals surface area contributed by atoms with Crippen LogP contribution in [0.2, 0.25) is 0 Å². The normalized spacial score (nSPS) is 11.0. The van der Waals surface area contributed by atoms with Crippen LogP contribution in [0.4, 0.5) is 0 Å². The van der Waals surface area contributed by atoms with E-state index in [0.29, 0.717) is 17.1 Å². The van der Waals surface area contributed by atoms with Gasteiger partial charge in [-0.15, -0.1) is 0 Å². The first kappa shape index (κ1) is 17.9. The van der Waals surface area contributed by atoms with E-state index in [0.717, 1.165) is 5.56 Å². The van der Waals surface area contributed by atoms with E-state index in [2.05, 4.69) is 32.9 Å². The van der Waals surface area contributed by atoms with Gasteiger partial charge < -0.3 is 14.2 Å². The Balaban J connectivity index is 2.11. The molecule has 0 spiro atoms. The molecule has 0 unspecified atom stereocenters. The zero-order valence-corrected chi connectivity index (χ0v) is 14.9. The largest absolute Gasteiger partial charge is 0.496 e. The highest BCUT2D eigenvalue weighted by Gasteiger charge is 2.20. The summed E-state index contributed by atoms with van der Waals surface area (Å²) in [7, 11) is 3.02. The third kappa shape index (κ3) is 4.07. The van der Waals surface area contributed by atoms with Crippen LogP contribution in [0, 0.1) is 0 Å². The second-order valence-electron chi connectivity index (χ2n) is 6.56. The van der Waals surface area contributed by atoms with Gasteiger partial charge in [-0.05, 0) is 28.7 Å². The summed E-state index contributed by atoms with van der Waals surface area (Å²) < 4.78 is 15.9. The standard InChI is InChI=1S/C20H24O4/c1-20(2,3)15-11-9-14(10-12-15)13-24-19(21)18-16(22-4)7-6-8-17(18)23-5/h6-12H,13H2,1-5H3. The summed E-state index contributed by atoms with van der Waals surface area (Å²) in [5.41, 5.74) is 2.57. The van der Waals surface area contributed by atoms with Gasteiger partial charge in [0.05, 0.1) is 14.2 Å². The minimum Gasteiger partial charge on any atom is -0.496 e. The van der Waals surface area contributed by atoms with E-state index in [-0.39, 0.29) is 12.0 Å². The van der Waals surface area contributed by atoms with Crippen LogP contribution in [0.5, 0.6) is 11.5 Å². The molecule has 0 aliphatic carbocycles. The van der Waals surface area contributed by atoms with Gasteiger partial charge in [0, 0.05) is 0 Å². The molecule has 2 aromatic rings. The van der Waals surface area contributed by atoms with E-state index < -0.39 is 5.97 Å². The molecule has 0 N–H and O–H groups in total. The predicted octanol–water partition coefficient (Wildman–Crippen LogP) is 4.36. The van der Waals surface area contributed by atoms with E-state index >= 15 is 0 Å². The zero-order chi connectivity index (χ0) is 17.7. The van der Waals surface area contributed by atoms with Gasteiger partial charge in [-0.25, -0.2) is 4.79 Å². The maximum Gasteiger partial charge on any atom is 0.346 e. The molecule has 4 heteroatoms. The molecular weight excluding hydrogens is 304 g/mol. The van der Waals surface area contributed by atoms with Gasteiger partial charge in [0.2, 0.25) is 0 Å². The van der Waals surface area contributed by atoms with Gasteiger partial charge in [-0.2, -0.15) is 0 Å². The second kappa shape index (κ2) is 7.39. The SMILES string of the molecule is COc1cccc(OC)c1C(=O)OCc1ccc(C(C)(C)C)cc1. The van der Waals surface area contributed by atoms with Gasteiger partial charge >= 0.3 is 5.97 Å². The molecule has 0 heterocycles. The summed E-state index contributed by atoms with van der Waals surface area (Å²) >= 11 is 0. The van der Waals surface area contributed by atoms with Crippen molar-refractivity contribution in [3.8, 4) is 11.5 Å². The van der Waals surface area contributed by atoms with E-state index in [4.69, 9.17) is 14.2 Å². The van der Waals surface area contributed by atoms with Crippen molar-refractivity contribution in [3.05, 3.63) is 59.2 Å². The number of methoxy groups -OCH3 is 2. The molecule has 0 saturated heterocycles. The van der Waals surface area contributed by atoms with Crippen molar-refractivity contribution < 1.29 is 19.0 Å². The van der Waals surface area contributed by atoms with Crippen LogP contribution in [0.25, 0.3) is 0 Å². The van der Waals surface area contributed by atoms with Crippen LogP contribution in [0.15, 0.2) is 42.5 Å². The number of rotatable bonds is 5. The van der Waals surface area contributed by atoms with Crippen LogP contribution < -0.4 is 9.47 Å². The van der Waals surface area contributed by atoms with Crippen molar-refractivity contribution in [1.82, 2.24) is 0 Å². The third-order valence-electron chi connectivity index (χ3n) is 3.82. The average molecular weight is 328 g/mol. The Morgan fingerprint density at radius 3 is 1.92 bits per heavy atom. The fourth-order valence-corrected chi connectivity index (χ4v) is 2.37. The molecule has 0 aromatic heterocycles. The van der Waals surface area contributed by atoms with Crippen molar-refractivity contribution in [2.45, 2.75) is 32.8 Å². The minimum absolute atomic E-state index is 0.0972. The van der Waals surface area contributed by atoms with E-state index in [9.17, 15) is 4.79 Å². The number of hydrogen-bond acceptors (Lipinski definition) is 4. The Morgan fingerprint density at radius 1 is 0.917 bits per heavy atom. The number of carbonyl (C=O) groups is 1. The summed E-state index contributed by atoms with van der Waals surface area (Å²) in [6.45, 7) is 6.69. The number of ether oxygens (including phenoxy) is 3. The quantitative estimate of drug-likeness (QED) is 0.765. The summed E-state index contributed by atoms with van der Waals surface area (Å²) in [4.78, 5) is 12.4. The number of hydrogen-bond donors (Lipinski definition) is 0. The van der Waals surface area contributed by atoms with Crippen LogP contribution >= 0.6 is 0 Å². The molecule has 128 valence electrons. The number of esters is 1. The Morgan fingerprint density at radius 2 is 1.46 bits per heavy atom. The molecule has 2 rings (SSSR count). The van der Waals surface area contributed by atoms with Crippen molar-refractivity contribution in [2.24, 2.45) is 0 Å². The number of benzene rings is 2. The summed E-state index contributed by atoms with van der Waals surface area (Å²) in [5.74, 6) is 0.397. The molecule has 2 aromatic carbocycles. The lowest BCUT2D eigenvalue weighted by Crippen LogP contribution is -2.11. The molecular formula is C20H24O4. The topological polar surface area (TPSA) is 44.8 Å². The smallest absolute Gasteiger partial charge is 0.346 e. The second-order valence-corrected chi connectivity index (χ2v) is 6.56. The molecule has 0 radical (unpaired) electrons. The lowest BCUT2D eigenvalue weighted by atomic mass is 9.87. The monoisotopic (exact) mass is 328 g/mol. The molecule has 0 aliphatic rings. The van der Waals surface area contributed by atoms with E-state index in [1.54, 1.807) is 18.2 Å². The Kier molecular flexibility index (Phi) is 5.50. The number of carbonyl (C=O) groups excluding carboxylic acids is 1. The maximum absolute atomic E-state index is 12.4. The van der Waals surface area contributed by atoms with Gasteiger partial charge in [0.25, 0.3) is 0 Å². The van der Waals surface area contributed by atoms with Crippen LogP contribution in [-0.4, -0.2) is 20.2 Å². The molecule has 0 atom stereocenters. The first-order valence-corrected chi connectivity index (χ1v) is 7.84. The Labute approximate surface area is 143 Å². The maximum atomic E-state index is 12.4. The minimum atomic E-state index is -0.468. The highest BCUT2D eigenvalue weighted by Crippen LogP contribution is 2.29. The predicted molar refractivity (Wildman–Crippen MR) is 93.8 cm³/mol. The van der Waals surface area contributed by atoms with Crippen molar-refractivity contribution in [3.63, 3.8) is 0 Å². The summed E-state index contributed by atoms with van der Waals surface area (Å²) in [6.07, 6.45) is 0. The van der Waals surface area contributed by atoms with E-state index in [1.807, 2.05) is 12.1 Å². The average Bonchev–Trinajstić information content (AvgIpc) is 2.58. The summed E-state index contributed by atoms with van der Waals surface area (Å²) in [6, 6.07) is 13.3. The Bertz CT molecular complexity index is 674. The first-order valence-electron chi connectivity index (χ1n) is 7.84. The third-order valence-corrected chi connectivity index (χ3v) is 3.82. The Hall–Kier alpha value is -2.49. The van der Waals surface area contributed by atoms with Gasteiger partial charge in [0.15, 0.2) is 0 Å². The molecule has 0 aliphatic heterocycles. The van der Waals surface area contributed by atoms with Crippen molar-refractivity contribution in [1.29, 1.82) is 0 Å².